The molecule has 102 valence electrons. The van der Waals surface area contributed by atoms with Crippen molar-refractivity contribution in [3.63, 3.8) is 0 Å². The van der Waals surface area contributed by atoms with E-state index in [0.717, 1.165) is 18.5 Å². The molecule has 0 aliphatic heterocycles. The maximum Gasteiger partial charge on any atom is 0.226 e. The van der Waals surface area contributed by atoms with Crippen molar-refractivity contribution in [3.8, 4) is 0 Å². The lowest BCUT2D eigenvalue weighted by atomic mass is 10.1. The lowest BCUT2D eigenvalue weighted by Crippen LogP contribution is -2.33. The summed E-state index contributed by atoms with van der Waals surface area (Å²) in [4.78, 5) is 22.6. The molecule has 0 aliphatic carbocycles. The number of benzene rings is 1. The average Bonchev–Trinajstić information content (AvgIpc) is 2.36. The highest BCUT2D eigenvalue weighted by Gasteiger charge is 2.04. The van der Waals surface area contributed by atoms with Gasteiger partial charge >= 0.3 is 0 Å². The van der Waals surface area contributed by atoms with Gasteiger partial charge in [-0.2, -0.15) is 0 Å². The van der Waals surface area contributed by atoms with Crippen LogP contribution in [-0.2, 0) is 4.79 Å². The van der Waals surface area contributed by atoms with Crippen molar-refractivity contribution in [2.24, 2.45) is 0 Å². The Labute approximate surface area is 118 Å². The van der Waals surface area contributed by atoms with Gasteiger partial charge in [-0.15, -0.1) is 0 Å². The fraction of sp³-hybridized carbons (Fsp3) is 0.357. The van der Waals surface area contributed by atoms with Gasteiger partial charge in [-0.25, -0.2) is 0 Å². The molecule has 0 atom stereocenters. The average molecular weight is 278 g/mol. The number of hydrogen-bond donors (Lipinski definition) is 2. The monoisotopic (exact) mass is 278 g/mol. The van der Waals surface area contributed by atoms with E-state index in [-0.39, 0.29) is 16.8 Å². The molecule has 2 N–H and O–H groups in total. The van der Waals surface area contributed by atoms with Crippen LogP contribution in [0.4, 0.5) is 5.69 Å². The van der Waals surface area contributed by atoms with E-state index in [0.29, 0.717) is 12.0 Å². The molecule has 0 bridgehead atoms. The van der Waals surface area contributed by atoms with Gasteiger partial charge in [-0.3, -0.25) is 9.59 Å². The van der Waals surface area contributed by atoms with Crippen LogP contribution in [0.3, 0.4) is 0 Å². The number of thiocarbonyl (C=S) groups is 1. The standard InChI is InChI=1S/C14H18N2O2S/c1-3-4-5-13(18)16-14(19)15-12-8-6-11(7-9-12)10(2)17/h6-9H,3-5H2,1-2H3,(H2,15,16,18,19). The van der Waals surface area contributed by atoms with E-state index < -0.39 is 0 Å². The minimum Gasteiger partial charge on any atom is -0.332 e. The summed E-state index contributed by atoms with van der Waals surface area (Å²) in [7, 11) is 0. The van der Waals surface area contributed by atoms with Crippen LogP contribution in [0.25, 0.3) is 0 Å². The number of amides is 1. The number of carbonyl (C=O) groups excluding carboxylic acids is 2. The van der Waals surface area contributed by atoms with Crippen molar-refractivity contribution in [1.82, 2.24) is 5.32 Å². The Hall–Kier alpha value is -1.75. The third-order valence-electron chi connectivity index (χ3n) is 2.56. The molecule has 0 saturated heterocycles. The number of unbranched alkanes of at least 4 members (excludes halogenated alkanes) is 1. The SMILES string of the molecule is CCCCC(=O)NC(=S)Nc1ccc(C(C)=O)cc1. The second kappa shape index (κ2) is 7.63. The topological polar surface area (TPSA) is 58.2 Å². The number of hydrogen-bond acceptors (Lipinski definition) is 3. The first-order valence-corrected chi connectivity index (χ1v) is 6.65. The van der Waals surface area contributed by atoms with Gasteiger partial charge in [0, 0.05) is 17.7 Å². The first-order chi connectivity index (χ1) is 9.02. The molecule has 0 fully saturated rings. The number of anilines is 1. The van der Waals surface area contributed by atoms with Crippen LogP contribution in [0, 0.1) is 0 Å². The number of ketones is 1. The van der Waals surface area contributed by atoms with Gasteiger partial charge in [0.2, 0.25) is 5.91 Å². The van der Waals surface area contributed by atoms with Crippen LogP contribution < -0.4 is 10.6 Å². The quantitative estimate of drug-likeness (QED) is 0.642. The molecule has 19 heavy (non-hydrogen) atoms. The first-order valence-electron chi connectivity index (χ1n) is 6.24. The number of carbonyl (C=O) groups is 2. The van der Waals surface area contributed by atoms with Crippen molar-refractivity contribution < 1.29 is 9.59 Å². The van der Waals surface area contributed by atoms with Gasteiger partial charge in [0.05, 0.1) is 0 Å². The molecule has 1 aromatic carbocycles. The van der Waals surface area contributed by atoms with Gasteiger partial charge in [0.1, 0.15) is 0 Å². The minimum atomic E-state index is -0.0836. The molecule has 5 heteroatoms. The Morgan fingerprint density at radius 3 is 2.37 bits per heavy atom. The zero-order chi connectivity index (χ0) is 14.3. The Kier molecular flexibility index (Phi) is 6.15. The molecular weight excluding hydrogens is 260 g/mol. The van der Waals surface area contributed by atoms with Crippen molar-refractivity contribution in [1.29, 1.82) is 0 Å². The van der Waals surface area contributed by atoms with Crippen LogP contribution in [-0.4, -0.2) is 16.8 Å². The highest BCUT2D eigenvalue weighted by Crippen LogP contribution is 2.09. The number of rotatable bonds is 5. The summed E-state index contributed by atoms with van der Waals surface area (Å²) in [5.74, 6) is -0.0679. The van der Waals surface area contributed by atoms with Crippen LogP contribution in [0.2, 0.25) is 0 Å². The molecule has 1 aromatic rings. The van der Waals surface area contributed by atoms with Crippen LogP contribution in [0.5, 0.6) is 0 Å². The maximum absolute atomic E-state index is 11.5. The Balaban J connectivity index is 2.48. The first kappa shape index (κ1) is 15.3. The van der Waals surface area contributed by atoms with Gasteiger partial charge in [-0.1, -0.05) is 13.3 Å². The highest BCUT2D eigenvalue weighted by atomic mass is 32.1. The molecule has 1 amide bonds. The summed E-state index contributed by atoms with van der Waals surface area (Å²) in [6.45, 7) is 3.54. The Bertz CT molecular complexity index is 469. The van der Waals surface area contributed by atoms with Crippen LogP contribution in [0.15, 0.2) is 24.3 Å². The fourth-order valence-electron chi connectivity index (χ4n) is 1.48. The largest absolute Gasteiger partial charge is 0.332 e. The van der Waals surface area contributed by atoms with Gasteiger partial charge in [0.15, 0.2) is 10.9 Å². The normalized spacial score (nSPS) is 9.79. The van der Waals surface area contributed by atoms with E-state index in [1.165, 1.54) is 6.92 Å². The summed E-state index contributed by atoms with van der Waals surface area (Å²) in [6, 6.07) is 6.93. The second-order valence-corrected chi connectivity index (χ2v) is 4.65. The summed E-state index contributed by atoms with van der Waals surface area (Å²) < 4.78 is 0. The summed E-state index contributed by atoms with van der Waals surface area (Å²) in [5.41, 5.74) is 1.38. The molecule has 0 aromatic heterocycles. The summed E-state index contributed by atoms with van der Waals surface area (Å²) in [6.07, 6.45) is 2.30. The molecule has 0 radical (unpaired) electrons. The third-order valence-corrected chi connectivity index (χ3v) is 2.76. The fourth-order valence-corrected chi connectivity index (χ4v) is 1.71. The molecule has 1 rings (SSSR count). The number of nitrogens with one attached hydrogen (secondary N) is 2. The van der Waals surface area contributed by atoms with Gasteiger partial charge in [0.25, 0.3) is 0 Å². The second-order valence-electron chi connectivity index (χ2n) is 4.24. The molecule has 0 aliphatic rings. The van der Waals surface area contributed by atoms with Crippen LogP contribution >= 0.6 is 12.2 Å². The molecule has 0 spiro atoms. The minimum absolute atomic E-state index is 0.0157. The van der Waals surface area contributed by atoms with Gasteiger partial charge in [-0.05, 0) is 49.8 Å². The zero-order valence-corrected chi connectivity index (χ0v) is 12.0. The molecule has 0 unspecified atom stereocenters. The third kappa shape index (κ3) is 5.61. The maximum atomic E-state index is 11.5. The van der Waals surface area contributed by atoms with Crippen molar-refractivity contribution in [3.05, 3.63) is 29.8 Å². The van der Waals surface area contributed by atoms with E-state index >= 15 is 0 Å². The molecule has 0 saturated carbocycles. The summed E-state index contributed by atoms with van der Waals surface area (Å²) in [5, 5.41) is 5.79. The van der Waals surface area contributed by atoms with Crippen LogP contribution in [0.1, 0.15) is 43.5 Å². The molecule has 4 nitrogen and oxygen atoms in total. The van der Waals surface area contributed by atoms with E-state index in [9.17, 15) is 9.59 Å². The highest BCUT2D eigenvalue weighted by molar-refractivity contribution is 7.80. The Morgan fingerprint density at radius 1 is 1.21 bits per heavy atom. The molecular formula is C14H18N2O2S. The van der Waals surface area contributed by atoms with Crippen molar-refractivity contribution >= 4 is 34.7 Å². The van der Waals surface area contributed by atoms with Gasteiger partial charge < -0.3 is 10.6 Å². The smallest absolute Gasteiger partial charge is 0.226 e. The summed E-state index contributed by atoms with van der Waals surface area (Å²) >= 11 is 5.04. The predicted molar refractivity (Wildman–Crippen MR) is 80.3 cm³/mol. The van der Waals surface area contributed by atoms with Crippen molar-refractivity contribution in [2.45, 2.75) is 33.1 Å². The predicted octanol–water partition coefficient (Wildman–Crippen LogP) is 2.89. The Morgan fingerprint density at radius 2 is 1.84 bits per heavy atom. The van der Waals surface area contributed by atoms with E-state index in [2.05, 4.69) is 10.6 Å². The molecule has 0 heterocycles. The van der Waals surface area contributed by atoms with E-state index in [1.807, 2.05) is 6.92 Å². The van der Waals surface area contributed by atoms with E-state index in [4.69, 9.17) is 12.2 Å². The lowest BCUT2D eigenvalue weighted by Gasteiger charge is -2.09. The zero-order valence-electron chi connectivity index (χ0n) is 11.2. The lowest BCUT2D eigenvalue weighted by molar-refractivity contribution is -0.119. The number of Topliss-reactive ketones (excluding diaryl/α,β-unsaturated/α-hetero) is 1. The van der Waals surface area contributed by atoms with E-state index in [1.54, 1.807) is 24.3 Å². The van der Waals surface area contributed by atoms with Crippen molar-refractivity contribution in [2.75, 3.05) is 5.32 Å².